The molecule has 1 atom stereocenters. The normalized spacial score (nSPS) is 16.4. The average molecular weight is 401 g/mol. The number of methoxy groups -OCH3 is 1. The van der Waals surface area contributed by atoms with Gasteiger partial charge in [-0.2, -0.15) is 5.10 Å². The highest BCUT2D eigenvalue weighted by Gasteiger charge is 2.23. The Morgan fingerprint density at radius 2 is 2.03 bits per heavy atom. The molecule has 1 aromatic heterocycles. The van der Waals surface area contributed by atoms with Crippen molar-refractivity contribution in [1.82, 2.24) is 25.3 Å². The van der Waals surface area contributed by atoms with E-state index in [2.05, 4.69) is 37.8 Å². The standard InChI is InChI=1S/C21H32N6O2/c1-22-21(23-9-3-11-27-12-4-10-25-27)24-17-20(26-13-15-29-16-14-26)18-5-7-19(28-2)8-6-18/h4-8,10,12,20H,3,9,11,13-17H2,1-2H3,(H2,22,23,24). The minimum atomic E-state index is 0.243. The summed E-state index contributed by atoms with van der Waals surface area (Å²) in [5, 5.41) is 11.1. The Bertz CT molecular complexity index is 726. The molecule has 0 saturated carbocycles. The lowest BCUT2D eigenvalue weighted by atomic mass is 10.0. The van der Waals surface area contributed by atoms with E-state index in [0.717, 1.165) is 64.1 Å². The highest BCUT2D eigenvalue weighted by Crippen LogP contribution is 2.23. The molecule has 2 heterocycles. The Labute approximate surface area is 172 Å². The van der Waals surface area contributed by atoms with Crippen molar-refractivity contribution in [3.63, 3.8) is 0 Å². The highest BCUT2D eigenvalue weighted by atomic mass is 16.5. The van der Waals surface area contributed by atoms with Crippen LogP contribution in [0.15, 0.2) is 47.7 Å². The number of aliphatic imine (C=N–C) groups is 1. The van der Waals surface area contributed by atoms with E-state index in [9.17, 15) is 0 Å². The Kier molecular flexibility index (Phi) is 8.33. The van der Waals surface area contributed by atoms with Gasteiger partial charge in [0.1, 0.15) is 5.75 Å². The molecular weight excluding hydrogens is 368 g/mol. The van der Waals surface area contributed by atoms with Gasteiger partial charge in [0, 0.05) is 52.2 Å². The molecule has 1 saturated heterocycles. The number of nitrogens with zero attached hydrogens (tertiary/aromatic N) is 4. The van der Waals surface area contributed by atoms with Gasteiger partial charge in [-0.1, -0.05) is 12.1 Å². The first kappa shape index (κ1) is 21.1. The number of rotatable bonds is 9. The van der Waals surface area contributed by atoms with Gasteiger partial charge in [-0.3, -0.25) is 14.6 Å². The maximum atomic E-state index is 5.54. The van der Waals surface area contributed by atoms with Crippen molar-refractivity contribution < 1.29 is 9.47 Å². The van der Waals surface area contributed by atoms with Gasteiger partial charge in [0.2, 0.25) is 0 Å². The van der Waals surface area contributed by atoms with Crippen molar-refractivity contribution in [2.45, 2.75) is 19.0 Å². The second-order valence-electron chi connectivity index (χ2n) is 6.94. The van der Waals surface area contributed by atoms with Crippen molar-refractivity contribution in [3.8, 4) is 5.75 Å². The van der Waals surface area contributed by atoms with E-state index in [1.165, 1.54) is 5.56 Å². The minimum Gasteiger partial charge on any atom is -0.497 e. The van der Waals surface area contributed by atoms with Crippen molar-refractivity contribution in [3.05, 3.63) is 48.3 Å². The number of ether oxygens (including phenoxy) is 2. The second kappa shape index (κ2) is 11.4. The first-order valence-corrected chi connectivity index (χ1v) is 10.2. The van der Waals surface area contributed by atoms with Gasteiger partial charge in [0.05, 0.1) is 26.4 Å². The number of aryl methyl sites for hydroxylation is 1. The van der Waals surface area contributed by atoms with Gasteiger partial charge in [-0.15, -0.1) is 0 Å². The van der Waals surface area contributed by atoms with Gasteiger partial charge in [0.15, 0.2) is 5.96 Å². The fraction of sp³-hybridized carbons (Fsp3) is 0.524. The van der Waals surface area contributed by atoms with Crippen LogP contribution in [0.25, 0.3) is 0 Å². The molecule has 1 aromatic carbocycles. The predicted octanol–water partition coefficient (Wildman–Crippen LogP) is 1.52. The molecule has 8 nitrogen and oxygen atoms in total. The Hall–Kier alpha value is -2.58. The lowest BCUT2D eigenvalue weighted by Gasteiger charge is -2.35. The summed E-state index contributed by atoms with van der Waals surface area (Å²) < 4.78 is 12.8. The van der Waals surface area contributed by atoms with Crippen LogP contribution in [0.1, 0.15) is 18.0 Å². The summed E-state index contributed by atoms with van der Waals surface area (Å²) in [7, 11) is 3.50. The molecule has 1 fully saturated rings. The third-order valence-electron chi connectivity index (χ3n) is 5.09. The summed E-state index contributed by atoms with van der Waals surface area (Å²) >= 11 is 0. The van der Waals surface area contributed by atoms with Crippen molar-refractivity contribution in [2.24, 2.45) is 4.99 Å². The van der Waals surface area contributed by atoms with Gasteiger partial charge in [0.25, 0.3) is 0 Å². The number of guanidine groups is 1. The molecule has 1 aliphatic heterocycles. The fourth-order valence-corrected chi connectivity index (χ4v) is 3.47. The summed E-state index contributed by atoms with van der Waals surface area (Å²) in [4.78, 5) is 6.83. The molecule has 2 aromatic rings. The topological polar surface area (TPSA) is 75.9 Å². The first-order valence-electron chi connectivity index (χ1n) is 10.2. The van der Waals surface area contributed by atoms with Gasteiger partial charge >= 0.3 is 0 Å². The molecule has 29 heavy (non-hydrogen) atoms. The van der Waals surface area contributed by atoms with E-state index in [1.807, 2.05) is 29.1 Å². The van der Waals surface area contributed by atoms with Gasteiger partial charge in [-0.05, 0) is 30.2 Å². The first-order chi connectivity index (χ1) is 14.3. The fourth-order valence-electron chi connectivity index (χ4n) is 3.47. The van der Waals surface area contributed by atoms with Crippen LogP contribution in [-0.4, -0.2) is 74.2 Å². The van der Waals surface area contributed by atoms with Crippen molar-refractivity contribution in [2.75, 3.05) is 53.6 Å². The number of morpholine rings is 1. The summed E-state index contributed by atoms with van der Waals surface area (Å²) in [6, 6.07) is 10.5. The summed E-state index contributed by atoms with van der Waals surface area (Å²) in [6.07, 6.45) is 4.77. The van der Waals surface area contributed by atoms with Crippen LogP contribution in [0.2, 0.25) is 0 Å². The molecule has 1 unspecified atom stereocenters. The molecule has 8 heteroatoms. The molecule has 0 radical (unpaired) electrons. The third-order valence-corrected chi connectivity index (χ3v) is 5.09. The Morgan fingerprint density at radius 1 is 1.24 bits per heavy atom. The van der Waals surface area contributed by atoms with E-state index in [4.69, 9.17) is 9.47 Å². The van der Waals surface area contributed by atoms with Crippen LogP contribution in [0.5, 0.6) is 5.75 Å². The summed E-state index contributed by atoms with van der Waals surface area (Å²) in [5.41, 5.74) is 1.26. The van der Waals surface area contributed by atoms with Crippen LogP contribution in [0.3, 0.4) is 0 Å². The minimum absolute atomic E-state index is 0.243. The summed E-state index contributed by atoms with van der Waals surface area (Å²) in [6.45, 7) is 5.89. The van der Waals surface area contributed by atoms with Crippen molar-refractivity contribution >= 4 is 5.96 Å². The highest BCUT2D eigenvalue weighted by molar-refractivity contribution is 5.79. The maximum absolute atomic E-state index is 5.54. The molecule has 0 spiro atoms. The molecule has 158 valence electrons. The Morgan fingerprint density at radius 3 is 2.69 bits per heavy atom. The molecule has 0 aliphatic carbocycles. The van der Waals surface area contributed by atoms with Crippen LogP contribution in [0.4, 0.5) is 0 Å². The zero-order valence-electron chi connectivity index (χ0n) is 17.4. The zero-order chi connectivity index (χ0) is 20.3. The van der Waals surface area contributed by atoms with Crippen LogP contribution >= 0.6 is 0 Å². The molecular formula is C21H32N6O2. The monoisotopic (exact) mass is 400 g/mol. The summed E-state index contributed by atoms with van der Waals surface area (Å²) in [5.74, 6) is 1.69. The number of hydrogen-bond acceptors (Lipinski definition) is 5. The van der Waals surface area contributed by atoms with E-state index in [-0.39, 0.29) is 6.04 Å². The lowest BCUT2D eigenvalue weighted by Crippen LogP contribution is -2.46. The molecule has 0 bridgehead atoms. The van der Waals surface area contributed by atoms with E-state index in [0.29, 0.717) is 0 Å². The molecule has 0 amide bonds. The third kappa shape index (κ3) is 6.47. The Balaban J connectivity index is 1.54. The van der Waals surface area contributed by atoms with Crippen LogP contribution in [-0.2, 0) is 11.3 Å². The van der Waals surface area contributed by atoms with Gasteiger partial charge < -0.3 is 20.1 Å². The smallest absolute Gasteiger partial charge is 0.191 e. The number of benzene rings is 1. The molecule has 1 aliphatic rings. The zero-order valence-corrected chi connectivity index (χ0v) is 17.4. The number of hydrogen-bond donors (Lipinski definition) is 2. The van der Waals surface area contributed by atoms with E-state index < -0.39 is 0 Å². The quantitative estimate of drug-likeness (QED) is 0.378. The predicted molar refractivity (Wildman–Crippen MR) is 114 cm³/mol. The SMILES string of the molecule is CN=C(NCCCn1cccn1)NCC(c1ccc(OC)cc1)N1CCOCC1. The maximum Gasteiger partial charge on any atom is 0.191 e. The molecule has 2 N–H and O–H groups in total. The lowest BCUT2D eigenvalue weighted by molar-refractivity contribution is 0.0170. The average Bonchev–Trinajstić information content (AvgIpc) is 3.30. The van der Waals surface area contributed by atoms with Crippen LogP contribution < -0.4 is 15.4 Å². The number of nitrogens with one attached hydrogen (secondary N) is 2. The van der Waals surface area contributed by atoms with E-state index >= 15 is 0 Å². The number of aromatic nitrogens is 2. The van der Waals surface area contributed by atoms with Crippen molar-refractivity contribution in [1.29, 1.82) is 0 Å². The second-order valence-corrected chi connectivity index (χ2v) is 6.94. The van der Waals surface area contributed by atoms with E-state index in [1.54, 1.807) is 20.4 Å². The molecule has 3 rings (SSSR count). The largest absolute Gasteiger partial charge is 0.497 e. The van der Waals surface area contributed by atoms with Gasteiger partial charge in [-0.25, -0.2) is 0 Å². The van der Waals surface area contributed by atoms with Crippen LogP contribution in [0, 0.1) is 0 Å².